The molecule has 1 aromatic carbocycles. The summed E-state index contributed by atoms with van der Waals surface area (Å²) in [5.74, 6) is -3.48. The Hall–Kier alpha value is -3.69. The summed E-state index contributed by atoms with van der Waals surface area (Å²) in [5.41, 5.74) is 0.445. The SMILES string of the molecule is CC(C)(C)NC(=O)C(=O)[C@H](C[C@@H]1CCCNC1=O)NC(=O)CNC(=O)c1cc2ccccc2[nH]1. The Balaban J connectivity index is 1.64. The summed E-state index contributed by atoms with van der Waals surface area (Å²) in [6.07, 6.45) is 1.31. The van der Waals surface area contributed by atoms with E-state index in [2.05, 4.69) is 26.3 Å². The third kappa shape index (κ3) is 6.66. The molecule has 2 aromatic rings. The summed E-state index contributed by atoms with van der Waals surface area (Å²) in [4.78, 5) is 65.5. The lowest BCUT2D eigenvalue weighted by Gasteiger charge is -2.27. The molecule has 0 spiro atoms. The topological polar surface area (TPSA) is 149 Å². The maximum Gasteiger partial charge on any atom is 0.290 e. The molecule has 10 nitrogen and oxygen atoms in total. The van der Waals surface area contributed by atoms with Crippen molar-refractivity contribution in [3.63, 3.8) is 0 Å². The molecular formula is C24H31N5O5. The van der Waals surface area contributed by atoms with Gasteiger partial charge in [0.2, 0.25) is 17.6 Å². The summed E-state index contributed by atoms with van der Waals surface area (Å²) in [6.45, 7) is 5.38. The largest absolute Gasteiger partial charge is 0.356 e. The average molecular weight is 470 g/mol. The molecule has 4 amide bonds. The van der Waals surface area contributed by atoms with Crippen molar-refractivity contribution < 1.29 is 24.0 Å². The molecule has 1 aromatic heterocycles. The Morgan fingerprint density at radius 2 is 1.88 bits per heavy atom. The molecule has 1 aliphatic heterocycles. The highest BCUT2D eigenvalue weighted by atomic mass is 16.2. The van der Waals surface area contributed by atoms with Crippen molar-refractivity contribution >= 4 is 40.3 Å². The van der Waals surface area contributed by atoms with Crippen LogP contribution in [0.3, 0.4) is 0 Å². The van der Waals surface area contributed by atoms with Crippen LogP contribution in [-0.4, -0.2) is 59.1 Å². The van der Waals surface area contributed by atoms with Crippen LogP contribution in [0.4, 0.5) is 0 Å². The molecule has 0 saturated carbocycles. The number of aromatic amines is 1. The van der Waals surface area contributed by atoms with Crippen molar-refractivity contribution in [2.45, 2.75) is 51.6 Å². The zero-order valence-electron chi connectivity index (χ0n) is 19.6. The highest BCUT2D eigenvalue weighted by Gasteiger charge is 2.34. The van der Waals surface area contributed by atoms with Crippen LogP contribution in [0.5, 0.6) is 0 Å². The van der Waals surface area contributed by atoms with Crippen molar-refractivity contribution in [3.05, 3.63) is 36.0 Å². The quantitative estimate of drug-likeness (QED) is 0.362. The predicted octanol–water partition coefficient (Wildman–Crippen LogP) is 0.783. The number of hydrogen-bond donors (Lipinski definition) is 5. The van der Waals surface area contributed by atoms with Gasteiger partial charge >= 0.3 is 0 Å². The minimum Gasteiger partial charge on any atom is -0.356 e. The normalized spacial score (nSPS) is 16.9. The van der Waals surface area contributed by atoms with E-state index in [1.165, 1.54) is 0 Å². The van der Waals surface area contributed by atoms with Gasteiger partial charge in [0.1, 0.15) is 5.69 Å². The van der Waals surface area contributed by atoms with Crippen LogP contribution >= 0.6 is 0 Å². The van der Waals surface area contributed by atoms with Crippen LogP contribution in [0.15, 0.2) is 30.3 Å². The number of Topliss-reactive ketones (excluding diaryl/α,β-unsaturated/α-hetero) is 1. The molecule has 2 heterocycles. The summed E-state index contributed by atoms with van der Waals surface area (Å²) in [6, 6.07) is 7.87. The van der Waals surface area contributed by atoms with Gasteiger partial charge < -0.3 is 26.3 Å². The third-order valence-corrected chi connectivity index (χ3v) is 5.47. The molecule has 0 radical (unpaired) electrons. The van der Waals surface area contributed by atoms with E-state index in [-0.39, 0.29) is 12.3 Å². The van der Waals surface area contributed by atoms with Gasteiger partial charge in [0.15, 0.2) is 0 Å². The number of benzene rings is 1. The summed E-state index contributed by atoms with van der Waals surface area (Å²) in [7, 11) is 0. The van der Waals surface area contributed by atoms with Crippen molar-refractivity contribution in [1.82, 2.24) is 26.3 Å². The van der Waals surface area contributed by atoms with Gasteiger partial charge in [-0.05, 0) is 52.2 Å². The molecule has 1 saturated heterocycles. The van der Waals surface area contributed by atoms with Crippen LogP contribution < -0.4 is 21.3 Å². The molecule has 182 valence electrons. The number of carbonyl (C=O) groups is 5. The molecule has 0 unspecified atom stereocenters. The lowest BCUT2D eigenvalue weighted by Crippen LogP contribution is -2.54. The van der Waals surface area contributed by atoms with E-state index in [9.17, 15) is 24.0 Å². The number of carbonyl (C=O) groups excluding carboxylic acids is 5. The Labute approximate surface area is 197 Å². The van der Waals surface area contributed by atoms with Gasteiger partial charge in [-0.3, -0.25) is 24.0 Å². The van der Waals surface area contributed by atoms with Crippen LogP contribution in [-0.2, 0) is 19.2 Å². The van der Waals surface area contributed by atoms with E-state index in [1.807, 2.05) is 24.3 Å². The van der Waals surface area contributed by atoms with Crippen LogP contribution in [0.2, 0.25) is 0 Å². The Bertz CT molecular complexity index is 1070. The van der Waals surface area contributed by atoms with Gasteiger partial charge in [-0.2, -0.15) is 0 Å². The molecule has 3 rings (SSSR count). The zero-order chi connectivity index (χ0) is 24.9. The molecule has 1 fully saturated rings. The Morgan fingerprint density at radius 3 is 2.56 bits per heavy atom. The van der Waals surface area contributed by atoms with Crippen molar-refractivity contribution in [3.8, 4) is 0 Å². The minimum atomic E-state index is -1.19. The first kappa shape index (κ1) is 24.9. The number of nitrogens with one attached hydrogen (secondary N) is 5. The van der Waals surface area contributed by atoms with Gasteiger partial charge in [-0.1, -0.05) is 18.2 Å². The number of para-hydroxylation sites is 1. The van der Waals surface area contributed by atoms with Crippen molar-refractivity contribution in [1.29, 1.82) is 0 Å². The van der Waals surface area contributed by atoms with Crippen LogP contribution in [0.1, 0.15) is 50.5 Å². The second kappa shape index (κ2) is 10.5. The fourth-order valence-corrected chi connectivity index (χ4v) is 3.83. The average Bonchev–Trinajstić information content (AvgIpc) is 3.21. The number of piperidine rings is 1. The maximum atomic E-state index is 12.8. The van der Waals surface area contributed by atoms with E-state index in [4.69, 9.17) is 0 Å². The zero-order valence-corrected chi connectivity index (χ0v) is 19.6. The van der Waals surface area contributed by atoms with Gasteiger partial charge in [0, 0.05) is 28.9 Å². The summed E-state index contributed by atoms with van der Waals surface area (Å²) in [5, 5.41) is 11.2. The molecule has 10 heteroatoms. The molecule has 34 heavy (non-hydrogen) atoms. The van der Waals surface area contributed by atoms with Crippen LogP contribution in [0, 0.1) is 5.92 Å². The third-order valence-electron chi connectivity index (χ3n) is 5.47. The van der Waals surface area contributed by atoms with Crippen molar-refractivity contribution in [2.24, 2.45) is 5.92 Å². The highest BCUT2D eigenvalue weighted by molar-refractivity contribution is 6.38. The molecule has 1 aliphatic rings. The Morgan fingerprint density at radius 1 is 1.15 bits per heavy atom. The van der Waals surface area contributed by atoms with Gasteiger partial charge in [0.25, 0.3) is 11.8 Å². The first-order valence-electron chi connectivity index (χ1n) is 11.3. The van der Waals surface area contributed by atoms with Gasteiger partial charge in [-0.15, -0.1) is 0 Å². The van der Waals surface area contributed by atoms with E-state index >= 15 is 0 Å². The molecule has 0 aliphatic carbocycles. The molecule has 5 N–H and O–H groups in total. The molecule has 0 bridgehead atoms. The molecular weight excluding hydrogens is 438 g/mol. The smallest absolute Gasteiger partial charge is 0.290 e. The second-order valence-electron chi connectivity index (χ2n) is 9.51. The predicted molar refractivity (Wildman–Crippen MR) is 126 cm³/mol. The van der Waals surface area contributed by atoms with E-state index in [1.54, 1.807) is 26.8 Å². The lowest BCUT2D eigenvalue weighted by atomic mass is 9.89. The van der Waals surface area contributed by atoms with Gasteiger partial charge in [0.05, 0.1) is 12.6 Å². The lowest BCUT2D eigenvalue weighted by molar-refractivity contribution is -0.141. The maximum absolute atomic E-state index is 12.8. The first-order chi connectivity index (χ1) is 16.0. The fourth-order valence-electron chi connectivity index (χ4n) is 3.83. The van der Waals surface area contributed by atoms with Crippen molar-refractivity contribution in [2.75, 3.05) is 13.1 Å². The number of H-pyrrole nitrogens is 1. The first-order valence-corrected chi connectivity index (χ1v) is 11.3. The number of ketones is 1. The summed E-state index contributed by atoms with van der Waals surface area (Å²) < 4.78 is 0. The number of fused-ring (bicyclic) bond motifs is 1. The summed E-state index contributed by atoms with van der Waals surface area (Å²) >= 11 is 0. The number of rotatable bonds is 8. The van der Waals surface area contributed by atoms with E-state index in [0.29, 0.717) is 18.7 Å². The molecule has 2 atom stereocenters. The van der Waals surface area contributed by atoms with Gasteiger partial charge in [-0.25, -0.2) is 0 Å². The van der Waals surface area contributed by atoms with E-state index in [0.717, 1.165) is 17.3 Å². The van der Waals surface area contributed by atoms with Crippen LogP contribution in [0.25, 0.3) is 10.9 Å². The number of hydrogen-bond acceptors (Lipinski definition) is 5. The van der Waals surface area contributed by atoms with E-state index < -0.39 is 47.5 Å². The monoisotopic (exact) mass is 469 g/mol. The fraction of sp³-hybridized carbons (Fsp3) is 0.458. The highest BCUT2D eigenvalue weighted by Crippen LogP contribution is 2.18. The number of aromatic nitrogens is 1. The number of amides is 4. The minimum absolute atomic E-state index is 0.00390. The standard InChI is InChI=1S/C24H31N5O5/c1-24(2,3)29-23(34)20(31)17(12-15-8-6-10-25-21(15)32)28-19(30)13-26-22(33)18-11-14-7-4-5-9-16(14)27-18/h4-5,7,9,11,15,17,27H,6,8,10,12-13H2,1-3H3,(H,25,32)(H,26,33)(H,28,30)(H,29,34)/t15-,17-/m0/s1. The Kier molecular flexibility index (Phi) is 7.70. The second-order valence-corrected chi connectivity index (χ2v) is 9.51.